The molecule has 5 nitrogen and oxygen atoms in total. The molecule has 5 heteroatoms. The van der Waals surface area contributed by atoms with E-state index in [1.807, 2.05) is 29.2 Å². The summed E-state index contributed by atoms with van der Waals surface area (Å²) in [7, 11) is 1.66. The van der Waals surface area contributed by atoms with Gasteiger partial charge in [0.05, 0.1) is 18.1 Å². The maximum absolute atomic E-state index is 13.8. The SMILES string of the molecule is COc1ccc(C2(C(=O)N3CCC4(O)CCCCC4C3)CCOCC2)cc1. The van der Waals surface area contributed by atoms with Crippen LogP contribution in [0.3, 0.4) is 0 Å². The lowest BCUT2D eigenvalue weighted by Crippen LogP contribution is -2.58. The molecular weight excluding hydrogens is 342 g/mol. The topological polar surface area (TPSA) is 59.0 Å². The van der Waals surface area contributed by atoms with Crippen molar-refractivity contribution in [1.29, 1.82) is 0 Å². The van der Waals surface area contributed by atoms with E-state index in [9.17, 15) is 9.90 Å². The monoisotopic (exact) mass is 373 g/mol. The molecule has 2 atom stereocenters. The van der Waals surface area contributed by atoms with E-state index in [1.54, 1.807) is 7.11 Å². The van der Waals surface area contributed by atoms with Crippen molar-refractivity contribution in [3.8, 4) is 5.75 Å². The second-order valence-corrected chi connectivity index (χ2v) is 8.47. The average Bonchev–Trinajstić information content (AvgIpc) is 2.73. The van der Waals surface area contributed by atoms with Crippen LogP contribution in [0.5, 0.6) is 5.75 Å². The van der Waals surface area contributed by atoms with E-state index in [1.165, 1.54) is 0 Å². The van der Waals surface area contributed by atoms with Crippen molar-refractivity contribution >= 4 is 5.91 Å². The number of amides is 1. The van der Waals surface area contributed by atoms with E-state index in [0.717, 1.165) is 37.0 Å². The molecular formula is C22H31NO4. The van der Waals surface area contributed by atoms with Crippen molar-refractivity contribution in [2.45, 2.75) is 56.0 Å². The van der Waals surface area contributed by atoms with Crippen molar-refractivity contribution in [3.05, 3.63) is 29.8 Å². The summed E-state index contributed by atoms with van der Waals surface area (Å²) < 4.78 is 10.9. The molecule has 4 rings (SSSR count). The van der Waals surface area contributed by atoms with E-state index >= 15 is 0 Å². The first-order chi connectivity index (χ1) is 13.1. The Bertz CT molecular complexity index is 667. The number of fused-ring (bicyclic) bond motifs is 1. The number of nitrogens with zero attached hydrogens (tertiary/aromatic N) is 1. The molecule has 0 spiro atoms. The average molecular weight is 373 g/mol. The van der Waals surface area contributed by atoms with Crippen LogP contribution < -0.4 is 4.74 Å². The molecule has 1 amide bonds. The van der Waals surface area contributed by atoms with Gasteiger partial charge in [0.2, 0.25) is 5.91 Å². The van der Waals surface area contributed by atoms with Crippen molar-refractivity contribution in [1.82, 2.24) is 4.90 Å². The zero-order valence-electron chi connectivity index (χ0n) is 16.3. The Balaban J connectivity index is 1.59. The maximum Gasteiger partial charge on any atom is 0.233 e. The zero-order valence-corrected chi connectivity index (χ0v) is 16.3. The van der Waals surface area contributed by atoms with Crippen molar-refractivity contribution < 1.29 is 19.4 Å². The van der Waals surface area contributed by atoms with Crippen LogP contribution in [0.1, 0.15) is 50.5 Å². The smallest absolute Gasteiger partial charge is 0.233 e. The lowest BCUT2D eigenvalue weighted by molar-refractivity contribution is -0.152. The number of ether oxygens (including phenoxy) is 2. The van der Waals surface area contributed by atoms with E-state index in [4.69, 9.17) is 9.47 Å². The summed E-state index contributed by atoms with van der Waals surface area (Å²) in [5.41, 5.74) is -0.0202. The van der Waals surface area contributed by atoms with Crippen molar-refractivity contribution in [2.24, 2.45) is 5.92 Å². The highest BCUT2D eigenvalue weighted by Gasteiger charge is 2.49. The number of carbonyl (C=O) groups is 1. The summed E-state index contributed by atoms with van der Waals surface area (Å²) in [5, 5.41) is 11.0. The van der Waals surface area contributed by atoms with Gasteiger partial charge in [0.15, 0.2) is 0 Å². The predicted octanol–water partition coefficient (Wildman–Crippen LogP) is 2.90. The van der Waals surface area contributed by atoms with Gasteiger partial charge < -0.3 is 19.5 Å². The van der Waals surface area contributed by atoms with Crippen LogP contribution >= 0.6 is 0 Å². The summed E-state index contributed by atoms with van der Waals surface area (Å²) in [4.78, 5) is 15.8. The first-order valence-electron chi connectivity index (χ1n) is 10.3. The molecule has 2 heterocycles. The fraction of sp³-hybridized carbons (Fsp3) is 0.682. The van der Waals surface area contributed by atoms with Crippen molar-refractivity contribution in [2.75, 3.05) is 33.4 Å². The third-order valence-corrected chi connectivity index (χ3v) is 7.11. The number of benzene rings is 1. The van der Waals surface area contributed by atoms with Crippen LogP contribution in [0, 0.1) is 5.92 Å². The summed E-state index contributed by atoms with van der Waals surface area (Å²) >= 11 is 0. The van der Waals surface area contributed by atoms with Crippen LogP contribution in [0.4, 0.5) is 0 Å². The number of hydrogen-bond donors (Lipinski definition) is 1. The number of aliphatic hydroxyl groups is 1. The Morgan fingerprint density at radius 3 is 2.59 bits per heavy atom. The molecule has 3 fully saturated rings. The van der Waals surface area contributed by atoms with E-state index < -0.39 is 11.0 Å². The second-order valence-electron chi connectivity index (χ2n) is 8.47. The molecule has 1 aliphatic carbocycles. The minimum atomic E-state index is -0.558. The van der Waals surface area contributed by atoms with Gasteiger partial charge in [-0.1, -0.05) is 25.0 Å². The standard InChI is InChI=1S/C22H31NO4/c1-26-19-7-5-17(6-8-19)21(11-14-27-15-12-21)20(24)23-13-10-22(25)9-3-2-4-18(22)16-23/h5-8,18,25H,2-4,9-16H2,1H3. The molecule has 1 aromatic rings. The van der Waals surface area contributed by atoms with Gasteiger partial charge in [-0.25, -0.2) is 0 Å². The third kappa shape index (κ3) is 3.36. The molecule has 3 aliphatic rings. The quantitative estimate of drug-likeness (QED) is 0.885. The minimum absolute atomic E-state index is 0.212. The maximum atomic E-state index is 13.8. The Labute approximate surface area is 161 Å². The summed E-state index contributed by atoms with van der Waals surface area (Å²) in [5.74, 6) is 1.24. The van der Waals surface area contributed by atoms with Gasteiger partial charge in [0, 0.05) is 32.2 Å². The number of piperidine rings is 1. The number of hydrogen-bond acceptors (Lipinski definition) is 4. The van der Waals surface area contributed by atoms with Gasteiger partial charge in [-0.3, -0.25) is 4.79 Å². The molecule has 2 aliphatic heterocycles. The molecule has 0 bridgehead atoms. The van der Waals surface area contributed by atoms with E-state index in [-0.39, 0.29) is 11.8 Å². The van der Waals surface area contributed by atoms with Gasteiger partial charge in [0.1, 0.15) is 5.75 Å². The molecule has 1 saturated carbocycles. The number of methoxy groups -OCH3 is 1. The fourth-order valence-corrected chi connectivity index (χ4v) is 5.31. The number of likely N-dealkylation sites (tertiary alicyclic amines) is 1. The van der Waals surface area contributed by atoms with Crippen LogP contribution in [0.25, 0.3) is 0 Å². The largest absolute Gasteiger partial charge is 0.497 e. The van der Waals surface area contributed by atoms with Crippen LogP contribution in [-0.2, 0) is 14.9 Å². The molecule has 0 aromatic heterocycles. The van der Waals surface area contributed by atoms with Gasteiger partial charge >= 0.3 is 0 Å². The molecule has 2 saturated heterocycles. The van der Waals surface area contributed by atoms with Crippen LogP contribution in [-0.4, -0.2) is 54.9 Å². The molecule has 27 heavy (non-hydrogen) atoms. The van der Waals surface area contributed by atoms with Crippen LogP contribution in [0.2, 0.25) is 0 Å². The summed E-state index contributed by atoms with van der Waals surface area (Å²) in [6.45, 7) is 2.57. The van der Waals surface area contributed by atoms with Gasteiger partial charge in [0.25, 0.3) is 0 Å². The lowest BCUT2D eigenvalue weighted by Gasteiger charge is -2.50. The van der Waals surface area contributed by atoms with E-state index in [2.05, 4.69) is 0 Å². The third-order valence-electron chi connectivity index (χ3n) is 7.11. The van der Waals surface area contributed by atoms with Gasteiger partial charge in [-0.2, -0.15) is 0 Å². The van der Waals surface area contributed by atoms with E-state index in [0.29, 0.717) is 45.6 Å². The van der Waals surface area contributed by atoms with Crippen molar-refractivity contribution in [3.63, 3.8) is 0 Å². The highest BCUT2D eigenvalue weighted by Crippen LogP contribution is 2.43. The fourth-order valence-electron chi connectivity index (χ4n) is 5.31. The first-order valence-corrected chi connectivity index (χ1v) is 10.3. The minimum Gasteiger partial charge on any atom is -0.497 e. The Morgan fingerprint density at radius 2 is 1.89 bits per heavy atom. The molecule has 0 radical (unpaired) electrons. The molecule has 1 aromatic carbocycles. The summed E-state index contributed by atoms with van der Waals surface area (Å²) in [6.07, 6.45) is 6.31. The molecule has 148 valence electrons. The zero-order chi connectivity index (χ0) is 18.9. The lowest BCUT2D eigenvalue weighted by atomic mass is 9.69. The first kappa shape index (κ1) is 18.8. The highest BCUT2D eigenvalue weighted by atomic mass is 16.5. The highest BCUT2D eigenvalue weighted by molar-refractivity contribution is 5.88. The Hall–Kier alpha value is -1.59. The molecule has 2 unspecified atom stereocenters. The number of rotatable bonds is 3. The number of carbonyl (C=O) groups excluding carboxylic acids is 1. The molecule has 1 N–H and O–H groups in total. The van der Waals surface area contributed by atoms with Crippen LogP contribution in [0.15, 0.2) is 24.3 Å². The summed E-state index contributed by atoms with van der Waals surface area (Å²) in [6, 6.07) is 7.94. The predicted molar refractivity (Wildman–Crippen MR) is 103 cm³/mol. The second kappa shape index (κ2) is 7.44. The normalized spacial score (nSPS) is 30.4. The Morgan fingerprint density at radius 1 is 1.15 bits per heavy atom. The Kier molecular flexibility index (Phi) is 5.17. The van der Waals surface area contributed by atoms with Gasteiger partial charge in [-0.05, 0) is 49.8 Å². The van der Waals surface area contributed by atoms with Gasteiger partial charge in [-0.15, -0.1) is 0 Å².